The van der Waals surface area contributed by atoms with E-state index in [0.29, 0.717) is 38.2 Å². The Balaban J connectivity index is 1.15. The van der Waals surface area contributed by atoms with E-state index in [4.69, 9.17) is 5.26 Å². The van der Waals surface area contributed by atoms with Crippen LogP contribution in [0.2, 0.25) is 0 Å². The summed E-state index contributed by atoms with van der Waals surface area (Å²) in [4.78, 5) is 34.5. The van der Waals surface area contributed by atoms with Crippen LogP contribution in [0.4, 0.5) is 5.82 Å². The minimum absolute atomic E-state index is 0.0317. The number of fused-ring (bicyclic) bond motifs is 1. The first kappa shape index (κ1) is 20.7. The van der Waals surface area contributed by atoms with Crippen molar-refractivity contribution in [1.29, 1.82) is 5.26 Å². The van der Waals surface area contributed by atoms with Gasteiger partial charge in [-0.15, -0.1) is 0 Å². The second-order valence-electron chi connectivity index (χ2n) is 8.93. The predicted molar refractivity (Wildman–Crippen MR) is 120 cm³/mol. The van der Waals surface area contributed by atoms with Gasteiger partial charge < -0.3 is 15.1 Å². The van der Waals surface area contributed by atoms with Gasteiger partial charge >= 0.3 is 0 Å². The first-order valence-electron chi connectivity index (χ1n) is 11.4. The van der Waals surface area contributed by atoms with Crippen molar-refractivity contribution in [2.24, 2.45) is 11.8 Å². The van der Waals surface area contributed by atoms with Gasteiger partial charge in [-0.3, -0.25) is 9.59 Å². The number of pyridine rings is 1. The van der Waals surface area contributed by atoms with Gasteiger partial charge in [0.1, 0.15) is 17.7 Å². The lowest BCUT2D eigenvalue weighted by Gasteiger charge is -2.35. The van der Waals surface area contributed by atoms with Crippen molar-refractivity contribution < 1.29 is 9.59 Å². The van der Waals surface area contributed by atoms with E-state index >= 15 is 0 Å². The number of aromatic nitrogens is 1. The molecule has 2 fully saturated rings. The molecule has 3 aliphatic rings. The maximum atomic E-state index is 13.2. The second kappa shape index (κ2) is 8.71. The first-order chi connectivity index (χ1) is 15.6. The Morgan fingerprint density at radius 1 is 1.12 bits per heavy atom. The number of amides is 1. The highest BCUT2D eigenvalue weighted by molar-refractivity contribution is 5.91. The molecular formula is C25H27N5O2. The summed E-state index contributed by atoms with van der Waals surface area (Å²) in [5.41, 5.74) is 3.06. The fourth-order valence-corrected chi connectivity index (χ4v) is 5.35. The number of anilines is 1. The van der Waals surface area contributed by atoms with E-state index < -0.39 is 0 Å². The Hall–Kier alpha value is -3.24. The van der Waals surface area contributed by atoms with Crippen LogP contribution in [0.1, 0.15) is 42.0 Å². The predicted octanol–water partition coefficient (Wildman–Crippen LogP) is 2.43. The lowest BCUT2D eigenvalue weighted by Crippen LogP contribution is -2.49. The molecule has 164 valence electrons. The van der Waals surface area contributed by atoms with Gasteiger partial charge in [-0.2, -0.15) is 5.26 Å². The van der Waals surface area contributed by atoms with Crippen LogP contribution in [0.3, 0.4) is 0 Å². The fraction of sp³-hybridized carbons (Fsp3) is 0.440. The van der Waals surface area contributed by atoms with Gasteiger partial charge in [0.05, 0.1) is 5.56 Å². The average molecular weight is 430 g/mol. The second-order valence-corrected chi connectivity index (χ2v) is 8.93. The van der Waals surface area contributed by atoms with Gasteiger partial charge in [0.2, 0.25) is 5.91 Å². The quantitative estimate of drug-likeness (QED) is 0.803. The van der Waals surface area contributed by atoms with Crippen LogP contribution in [-0.2, 0) is 16.1 Å². The number of carbonyl (C=O) groups excluding carboxylic acids is 2. The molecule has 1 saturated heterocycles. The zero-order chi connectivity index (χ0) is 22.1. The smallest absolute Gasteiger partial charge is 0.223 e. The van der Waals surface area contributed by atoms with E-state index in [2.05, 4.69) is 33.4 Å². The van der Waals surface area contributed by atoms with Gasteiger partial charge in [-0.05, 0) is 36.1 Å². The number of nitrogens with zero attached hydrogens (tertiary/aromatic N) is 4. The molecule has 1 aromatic carbocycles. The monoisotopic (exact) mass is 429 g/mol. The number of nitrogens with one attached hydrogen (secondary N) is 1. The van der Waals surface area contributed by atoms with Crippen molar-refractivity contribution in [2.75, 3.05) is 31.1 Å². The van der Waals surface area contributed by atoms with Crippen molar-refractivity contribution >= 4 is 17.5 Å². The fourth-order valence-electron chi connectivity index (χ4n) is 5.35. The molecule has 3 heterocycles. The van der Waals surface area contributed by atoms with Crippen molar-refractivity contribution in [3.8, 4) is 6.07 Å². The van der Waals surface area contributed by atoms with E-state index in [1.165, 1.54) is 11.1 Å². The average Bonchev–Trinajstić information content (AvgIpc) is 3.42. The number of Topliss-reactive ketones (excluding diaryl/α,β-unsaturated/α-hetero) is 1. The number of ketones is 1. The SMILES string of the molecule is N#Cc1ccc(N2CCN(C(=O)CC3CCC(C4NCc5ccccc54)C3=O)CC2)nc1. The molecule has 1 N–H and O–H groups in total. The zero-order valence-electron chi connectivity index (χ0n) is 18.0. The molecule has 2 aliphatic heterocycles. The summed E-state index contributed by atoms with van der Waals surface area (Å²) in [6.07, 6.45) is 3.54. The molecule has 1 aromatic heterocycles. The number of piperazine rings is 1. The zero-order valence-corrected chi connectivity index (χ0v) is 18.0. The maximum Gasteiger partial charge on any atom is 0.223 e. The highest BCUT2D eigenvalue weighted by Crippen LogP contribution is 2.41. The summed E-state index contributed by atoms with van der Waals surface area (Å²) in [7, 11) is 0. The van der Waals surface area contributed by atoms with Gasteiger partial charge in [0.15, 0.2) is 0 Å². The van der Waals surface area contributed by atoms with Crippen molar-refractivity contribution in [2.45, 2.75) is 31.8 Å². The molecule has 7 nitrogen and oxygen atoms in total. The van der Waals surface area contributed by atoms with Crippen molar-refractivity contribution in [3.63, 3.8) is 0 Å². The Morgan fingerprint density at radius 2 is 1.94 bits per heavy atom. The topological polar surface area (TPSA) is 89.3 Å². The highest BCUT2D eigenvalue weighted by Gasteiger charge is 2.42. The summed E-state index contributed by atoms with van der Waals surface area (Å²) >= 11 is 0. The third-order valence-electron chi connectivity index (χ3n) is 7.15. The van der Waals surface area contributed by atoms with Crippen LogP contribution in [0.5, 0.6) is 0 Å². The number of rotatable bonds is 4. The van der Waals surface area contributed by atoms with Gasteiger partial charge in [0, 0.05) is 63.2 Å². The minimum Gasteiger partial charge on any atom is -0.353 e. The Kier molecular flexibility index (Phi) is 5.62. The van der Waals surface area contributed by atoms with Crippen LogP contribution >= 0.6 is 0 Å². The number of hydrogen-bond acceptors (Lipinski definition) is 6. The van der Waals surface area contributed by atoms with E-state index in [1.54, 1.807) is 12.3 Å². The molecule has 5 rings (SSSR count). The van der Waals surface area contributed by atoms with E-state index in [1.807, 2.05) is 23.1 Å². The highest BCUT2D eigenvalue weighted by atomic mass is 16.2. The Morgan fingerprint density at radius 3 is 2.69 bits per heavy atom. The first-order valence-corrected chi connectivity index (χ1v) is 11.4. The molecule has 0 radical (unpaired) electrons. The van der Waals surface area contributed by atoms with E-state index in [-0.39, 0.29) is 29.6 Å². The Bertz CT molecular complexity index is 1050. The summed E-state index contributed by atoms with van der Waals surface area (Å²) in [5.74, 6) is 0.953. The van der Waals surface area contributed by atoms with Crippen LogP contribution in [0, 0.1) is 23.2 Å². The molecule has 1 amide bonds. The van der Waals surface area contributed by atoms with E-state index in [0.717, 1.165) is 25.2 Å². The standard InChI is InChI=1S/C25H27N5O2/c26-14-17-5-8-22(27-15-17)29-9-11-30(12-10-29)23(31)13-18-6-7-21(25(18)32)24-20-4-2-1-3-19(20)16-28-24/h1-5,8,15,18,21,24,28H,6-7,9-13,16H2. The van der Waals surface area contributed by atoms with Gasteiger partial charge in [-0.25, -0.2) is 4.98 Å². The molecule has 2 aromatic rings. The lowest BCUT2D eigenvalue weighted by atomic mass is 9.89. The van der Waals surface area contributed by atoms with Crippen LogP contribution in [0.25, 0.3) is 0 Å². The number of benzene rings is 1. The van der Waals surface area contributed by atoms with Crippen LogP contribution in [0.15, 0.2) is 42.6 Å². The maximum absolute atomic E-state index is 13.2. The van der Waals surface area contributed by atoms with E-state index in [9.17, 15) is 9.59 Å². The molecular weight excluding hydrogens is 402 g/mol. The van der Waals surface area contributed by atoms with Crippen molar-refractivity contribution in [3.05, 3.63) is 59.3 Å². The molecule has 1 aliphatic carbocycles. The summed E-state index contributed by atoms with van der Waals surface area (Å²) in [5, 5.41) is 12.4. The van der Waals surface area contributed by atoms with Gasteiger partial charge in [-0.1, -0.05) is 24.3 Å². The lowest BCUT2D eigenvalue weighted by molar-refractivity contribution is -0.135. The molecule has 3 atom stereocenters. The number of nitriles is 1. The van der Waals surface area contributed by atoms with Crippen molar-refractivity contribution in [1.82, 2.24) is 15.2 Å². The molecule has 0 spiro atoms. The van der Waals surface area contributed by atoms with Crippen LogP contribution in [-0.4, -0.2) is 47.8 Å². The Labute approximate surface area is 188 Å². The largest absolute Gasteiger partial charge is 0.353 e. The number of hydrogen-bond donors (Lipinski definition) is 1. The molecule has 1 saturated carbocycles. The number of carbonyl (C=O) groups is 2. The summed E-state index contributed by atoms with van der Waals surface area (Å²) in [6, 6.07) is 14.1. The third-order valence-corrected chi connectivity index (χ3v) is 7.15. The summed E-state index contributed by atoms with van der Waals surface area (Å²) < 4.78 is 0. The third kappa shape index (κ3) is 3.87. The molecule has 7 heteroatoms. The minimum atomic E-state index is -0.166. The summed E-state index contributed by atoms with van der Waals surface area (Å²) in [6.45, 7) is 3.47. The molecule has 32 heavy (non-hydrogen) atoms. The molecule has 3 unspecified atom stereocenters. The normalized spacial score (nSPS) is 25.0. The molecule has 0 bridgehead atoms. The van der Waals surface area contributed by atoms with Gasteiger partial charge in [0.25, 0.3) is 0 Å². The van der Waals surface area contributed by atoms with Crippen LogP contribution < -0.4 is 10.2 Å².